The number of piperidine rings is 1. The molecular formula is C29H35N5O3. The third-order valence-corrected chi connectivity index (χ3v) is 8.41. The van der Waals surface area contributed by atoms with Crippen LogP contribution in [0.5, 0.6) is 11.5 Å². The van der Waals surface area contributed by atoms with Gasteiger partial charge in [-0.05, 0) is 43.5 Å². The number of carbonyl (C=O) groups excluding carboxylic acids is 1. The van der Waals surface area contributed by atoms with Crippen molar-refractivity contribution < 1.29 is 14.3 Å². The molecule has 3 aliphatic heterocycles. The molecule has 2 fully saturated rings. The van der Waals surface area contributed by atoms with Crippen molar-refractivity contribution in [1.82, 2.24) is 24.7 Å². The Morgan fingerprint density at radius 1 is 1.14 bits per heavy atom. The van der Waals surface area contributed by atoms with Crippen LogP contribution in [-0.2, 0) is 13.1 Å². The van der Waals surface area contributed by atoms with E-state index >= 15 is 0 Å². The lowest BCUT2D eigenvalue weighted by atomic mass is 9.82. The van der Waals surface area contributed by atoms with Crippen molar-refractivity contribution in [3.8, 4) is 11.5 Å². The number of benzene rings is 2. The molecule has 0 radical (unpaired) electrons. The van der Waals surface area contributed by atoms with Gasteiger partial charge in [-0.25, -0.2) is 9.78 Å². The average Bonchev–Trinajstić information content (AvgIpc) is 3.35. The molecule has 2 saturated heterocycles. The lowest BCUT2D eigenvalue weighted by Gasteiger charge is -2.44. The average molecular weight is 502 g/mol. The molecule has 1 spiro atoms. The molecule has 37 heavy (non-hydrogen) atoms. The van der Waals surface area contributed by atoms with Gasteiger partial charge in [-0.2, -0.15) is 0 Å². The maximum absolute atomic E-state index is 13.8. The Hall–Kier alpha value is -3.52. The van der Waals surface area contributed by atoms with Gasteiger partial charge >= 0.3 is 6.03 Å². The van der Waals surface area contributed by atoms with Gasteiger partial charge in [-0.1, -0.05) is 25.1 Å². The second-order valence-electron chi connectivity index (χ2n) is 10.4. The number of H-pyrrole nitrogens is 1. The summed E-state index contributed by atoms with van der Waals surface area (Å²) < 4.78 is 11.3. The molecule has 0 saturated carbocycles. The first-order chi connectivity index (χ1) is 18.0. The minimum Gasteiger partial charge on any atom is -0.497 e. The number of aromatic amines is 1. The fraction of sp³-hybridized carbons (Fsp3) is 0.448. The molecular weight excluding hydrogens is 466 g/mol. The van der Waals surface area contributed by atoms with Crippen LogP contribution in [0, 0.1) is 0 Å². The lowest BCUT2D eigenvalue weighted by molar-refractivity contribution is 0.0876. The summed E-state index contributed by atoms with van der Waals surface area (Å²) in [5.74, 6) is 2.67. The fourth-order valence-electron chi connectivity index (χ4n) is 6.64. The number of para-hydroxylation sites is 2. The Bertz CT molecular complexity index is 1340. The molecule has 1 N–H and O–H groups in total. The van der Waals surface area contributed by atoms with Crippen LogP contribution >= 0.6 is 0 Å². The van der Waals surface area contributed by atoms with Crippen molar-refractivity contribution in [3.05, 3.63) is 65.1 Å². The number of urea groups is 1. The van der Waals surface area contributed by atoms with E-state index in [2.05, 4.69) is 46.8 Å². The number of rotatable bonds is 5. The van der Waals surface area contributed by atoms with Gasteiger partial charge in [0.1, 0.15) is 17.3 Å². The molecule has 0 aliphatic carbocycles. The van der Waals surface area contributed by atoms with E-state index in [9.17, 15) is 4.79 Å². The van der Waals surface area contributed by atoms with Crippen molar-refractivity contribution in [2.24, 2.45) is 0 Å². The third-order valence-electron chi connectivity index (χ3n) is 8.41. The summed E-state index contributed by atoms with van der Waals surface area (Å²) in [5.41, 5.74) is 5.16. The number of hydrogen-bond donors (Lipinski definition) is 1. The highest BCUT2D eigenvalue weighted by Gasteiger charge is 2.54. The lowest BCUT2D eigenvalue weighted by Crippen LogP contribution is -2.53. The second-order valence-corrected chi connectivity index (χ2v) is 10.4. The third kappa shape index (κ3) is 3.77. The first-order valence-electron chi connectivity index (χ1n) is 13.2. The summed E-state index contributed by atoms with van der Waals surface area (Å²) in [6, 6.07) is 12.2. The highest BCUT2D eigenvalue weighted by Crippen LogP contribution is 2.49. The summed E-state index contributed by atoms with van der Waals surface area (Å²) in [5, 5.41) is 0. The molecule has 194 valence electrons. The molecule has 3 aromatic rings. The van der Waals surface area contributed by atoms with Crippen molar-refractivity contribution >= 4 is 17.1 Å². The minimum atomic E-state index is -0.288. The zero-order valence-electron chi connectivity index (χ0n) is 22.1. The fourth-order valence-corrected chi connectivity index (χ4v) is 6.64. The van der Waals surface area contributed by atoms with Crippen LogP contribution in [0.4, 0.5) is 4.79 Å². The SMILES string of the molecule is CCN1C(=O)N2Cc3cc(OC)cc(OC)c3[C@@H](C)C=C2C12CCN(Cc1nc3ccccc3[nH]1)CC2. The largest absolute Gasteiger partial charge is 0.497 e. The van der Waals surface area contributed by atoms with Gasteiger partial charge in [0.25, 0.3) is 0 Å². The number of hydrogen-bond acceptors (Lipinski definition) is 5. The number of fused-ring (bicyclic) bond motifs is 4. The number of nitrogens with one attached hydrogen (secondary N) is 1. The van der Waals surface area contributed by atoms with E-state index < -0.39 is 0 Å². The predicted molar refractivity (Wildman–Crippen MR) is 143 cm³/mol. The Morgan fingerprint density at radius 2 is 1.92 bits per heavy atom. The molecule has 4 heterocycles. The van der Waals surface area contributed by atoms with E-state index in [1.54, 1.807) is 14.2 Å². The Balaban J connectivity index is 1.29. The number of methoxy groups -OCH3 is 2. The van der Waals surface area contributed by atoms with Gasteiger partial charge in [-0.15, -0.1) is 0 Å². The molecule has 0 bridgehead atoms. The summed E-state index contributed by atoms with van der Waals surface area (Å²) in [6.07, 6.45) is 4.11. The predicted octanol–water partition coefficient (Wildman–Crippen LogP) is 4.87. The van der Waals surface area contributed by atoms with E-state index in [1.165, 1.54) is 0 Å². The van der Waals surface area contributed by atoms with Crippen molar-refractivity contribution in [2.45, 2.75) is 51.2 Å². The van der Waals surface area contributed by atoms with Crippen molar-refractivity contribution in [1.29, 1.82) is 0 Å². The van der Waals surface area contributed by atoms with Crippen LogP contribution in [-0.4, -0.2) is 70.1 Å². The number of aromatic nitrogens is 2. The number of imidazole rings is 1. The molecule has 2 aromatic carbocycles. The highest BCUT2D eigenvalue weighted by molar-refractivity contribution is 5.83. The zero-order valence-corrected chi connectivity index (χ0v) is 22.1. The molecule has 0 unspecified atom stereocenters. The maximum atomic E-state index is 13.8. The number of likely N-dealkylation sites (N-methyl/N-ethyl adjacent to an activating group) is 1. The number of carbonyl (C=O) groups is 1. The molecule has 8 nitrogen and oxygen atoms in total. The van der Waals surface area contributed by atoms with Gasteiger partial charge in [0.15, 0.2) is 0 Å². The molecule has 8 heteroatoms. The summed E-state index contributed by atoms with van der Waals surface area (Å²) in [4.78, 5) is 28.6. The van der Waals surface area contributed by atoms with Crippen LogP contribution in [0.3, 0.4) is 0 Å². The van der Waals surface area contributed by atoms with Crippen LogP contribution in [0.25, 0.3) is 11.0 Å². The number of amides is 2. The Kier molecular flexibility index (Phi) is 5.87. The molecule has 1 atom stereocenters. The molecule has 2 amide bonds. The van der Waals surface area contributed by atoms with Crippen LogP contribution < -0.4 is 9.47 Å². The molecule has 6 rings (SSSR count). The number of allylic oxidation sites excluding steroid dienone is 1. The van der Waals surface area contributed by atoms with E-state index in [4.69, 9.17) is 14.5 Å². The normalized spacial score (nSPS) is 21.1. The van der Waals surface area contributed by atoms with Crippen molar-refractivity contribution in [3.63, 3.8) is 0 Å². The van der Waals surface area contributed by atoms with Crippen LogP contribution in [0.1, 0.15) is 49.6 Å². The molecule has 1 aromatic heterocycles. The number of ether oxygens (including phenoxy) is 2. The standard InChI is InChI=1S/C29H35N5O3/c1-5-34-28(35)33-17-20-15-21(36-3)16-24(37-4)27(20)19(2)14-25(33)29(34)10-12-32(13-11-29)18-26-30-22-8-6-7-9-23(22)31-26/h6-9,14-16,19H,5,10-13,17-18H2,1-4H3,(H,30,31)/t19-/m0/s1. The van der Waals surface area contributed by atoms with E-state index in [1.807, 2.05) is 29.2 Å². The van der Waals surface area contributed by atoms with E-state index in [0.29, 0.717) is 13.1 Å². The van der Waals surface area contributed by atoms with Gasteiger partial charge in [-0.3, -0.25) is 9.80 Å². The molecule has 3 aliphatic rings. The van der Waals surface area contributed by atoms with Gasteiger partial charge in [0, 0.05) is 42.9 Å². The monoisotopic (exact) mass is 501 g/mol. The first-order valence-corrected chi connectivity index (χ1v) is 13.2. The Morgan fingerprint density at radius 3 is 2.62 bits per heavy atom. The smallest absolute Gasteiger partial charge is 0.325 e. The van der Waals surface area contributed by atoms with Gasteiger partial charge in [0.05, 0.1) is 43.9 Å². The Labute approximate surface area is 217 Å². The quantitative estimate of drug-likeness (QED) is 0.540. The summed E-state index contributed by atoms with van der Waals surface area (Å²) in [7, 11) is 3.36. The summed E-state index contributed by atoms with van der Waals surface area (Å²) in [6.45, 7) is 8.11. The zero-order chi connectivity index (χ0) is 25.7. The topological polar surface area (TPSA) is 73.9 Å². The van der Waals surface area contributed by atoms with Gasteiger partial charge in [0.2, 0.25) is 0 Å². The van der Waals surface area contributed by atoms with Gasteiger partial charge < -0.3 is 19.4 Å². The van der Waals surface area contributed by atoms with E-state index in [-0.39, 0.29) is 17.5 Å². The minimum absolute atomic E-state index is 0.0984. The maximum Gasteiger partial charge on any atom is 0.325 e. The van der Waals surface area contributed by atoms with Crippen LogP contribution in [0.15, 0.2) is 48.2 Å². The highest BCUT2D eigenvalue weighted by atomic mass is 16.5. The number of likely N-dealkylation sites (tertiary alicyclic amines) is 1. The number of nitrogens with zero attached hydrogens (tertiary/aromatic N) is 4. The first kappa shape index (κ1) is 23.9. The van der Waals surface area contributed by atoms with Crippen LogP contribution in [0.2, 0.25) is 0 Å². The second kappa shape index (κ2) is 9.10. The van der Waals surface area contributed by atoms with Crippen molar-refractivity contribution in [2.75, 3.05) is 33.9 Å². The summed E-state index contributed by atoms with van der Waals surface area (Å²) >= 11 is 0. The van der Waals surface area contributed by atoms with E-state index in [0.717, 1.165) is 77.7 Å².